The van der Waals surface area contributed by atoms with Gasteiger partial charge in [0.1, 0.15) is 5.56 Å². The van der Waals surface area contributed by atoms with Crippen molar-refractivity contribution in [3.8, 4) is 0 Å². The van der Waals surface area contributed by atoms with Gasteiger partial charge in [0.15, 0.2) is 0 Å². The summed E-state index contributed by atoms with van der Waals surface area (Å²) in [4.78, 5) is 26.1. The van der Waals surface area contributed by atoms with Gasteiger partial charge in [-0.2, -0.15) is 13.2 Å². The Morgan fingerprint density at radius 3 is 2.56 bits per heavy atom. The fourth-order valence-corrected chi connectivity index (χ4v) is 3.06. The maximum atomic E-state index is 13.3. The maximum Gasteiger partial charge on any atom is 0.423 e. The number of rotatable bonds is 3. The second kappa shape index (κ2) is 6.66. The van der Waals surface area contributed by atoms with E-state index in [0.29, 0.717) is 16.7 Å². The molecule has 1 heterocycles. The van der Waals surface area contributed by atoms with Crippen molar-refractivity contribution < 1.29 is 18.1 Å². The molecule has 0 radical (unpaired) electrons. The number of nitro groups is 1. The first kappa shape index (κ1) is 18.8. The standard InChI is InChI=1S/C17H11ClF3N3O3/c1-9(10-3-2-4-11(18)5-10)23-15-6-12(17(19,20)21)14(24(26)27)7-13(15)22-8-16(23)25/h2-9H,1H3/t9-/m0/s1. The third kappa shape index (κ3) is 3.50. The molecule has 1 aromatic heterocycles. The highest BCUT2D eigenvalue weighted by Gasteiger charge is 2.39. The van der Waals surface area contributed by atoms with Crippen molar-refractivity contribution in [2.75, 3.05) is 0 Å². The van der Waals surface area contributed by atoms with Crippen LogP contribution in [0, 0.1) is 10.1 Å². The Kier molecular flexibility index (Phi) is 4.64. The van der Waals surface area contributed by atoms with Crippen molar-refractivity contribution in [3.63, 3.8) is 0 Å². The Hall–Kier alpha value is -2.94. The summed E-state index contributed by atoms with van der Waals surface area (Å²) in [5, 5.41) is 11.5. The summed E-state index contributed by atoms with van der Waals surface area (Å²) in [5.74, 6) is 0. The van der Waals surface area contributed by atoms with Crippen LogP contribution in [0.4, 0.5) is 18.9 Å². The molecule has 0 saturated carbocycles. The highest BCUT2D eigenvalue weighted by atomic mass is 35.5. The third-order valence-corrected chi connectivity index (χ3v) is 4.36. The maximum absolute atomic E-state index is 13.3. The molecule has 0 spiro atoms. The SMILES string of the molecule is C[C@@H](c1cccc(Cl)c1)n1c(=O)cnc2cc([N+](=O)[O-])c(C(F)(F)F)cc21. The molecule has 0 unspecified atom stereocenters. The van der Waals surface area contributed by atoms with Gasteiger partial charge in [0.2, 0.25) is 0 Å². The third-order valence-electron chi connectivity index (χ3n) is 4.12. The lowest BCUT2D eigenvalue weighted by Gasteiger charge is -2.19. The molecule has 6 nitrogen and oxygen atoms in total. The Bertz CT molecular complexity index is 1110. The monoisotopic (exact) mass is 397 g/mol. The van der Waals surface area contributed by atoms with E-state index in [2.05, 4.69) is 4.98 Å². The summed E-state index contributed by atoms with van der Waals surface area (Å²) in [5.41, 5.74) is -2.88. The number of alkyl halides is 3. The minimum atomic E-state index is -4.97. The Balaban J connectivity index is 2.34. The second-order valence-electron chi connectivity index (χ2n) is 5.81. The summed E-state index contributed by atoms with van der Waals surface area (Å²) in [7, 11) is 0. The lowest BCUT2D eigenvalue weighted by molar-refractivity contribution is -0.387. The van der Waals surface area contributed by atoms with Gasteiger partial charge in [-0.3, -0.25) is 19.5 Å². The minimum Gasteiger partial charge on any atom is -0.298 e. The van der Waals surface area contributed by atoms with E-state index in [1.165, 1.54) is 0 Å². The zero-order valence-electron chi connectivity index (χ0n) is 13.7. The van der Waals surface area contributed by atoms with E-state index in [-0.39, 0.29) is 11.0 Å². The Morgan fingerprint density at radius 2 is 1.96 bits per heavy atom. The molecule has 140 valence electrons. The number of halogens is 4. The molecule has 0 bridgehead atoms. The summed E-state index contributed by atoms with van der Waals surface area (Å²) in [6, 6.07) is 7.16. The molecule has 0 amide bonds. The average Bonchev–Trinajstić information content (AvgIpc) is 2.59. The molecule has 10 heteroatoms. The van der Waals surface area contributed by atoms with Crippen molar-refractivity contribution >= 4 is 28.3 Å². The topological polar surface area (TPSA) is 78.0 Å². The van der Waals surface area contributed by atoms with Crippen LogP contribution in [0.25, 0.3) is 11.0 Å². The Morgan fingerprint density at radius 1 is 1.26 bits per heavy atom. The van der Waals surface area contributed by atoms with Gasteiger partial charge in [0, 0.05) is 11.1 Å². The van der Waals surface area contributed by atoms with Gasteiger partial charge >= 0.3 is 6.18 Å². The van der Waals surface area contributed by atoms with Gasteiger partial charge in [-0.25, -0.2) is 4.98 Å². The minimum absolute atomic E-state index is 0.0943. The van der Waals surface area contributed by atoms with Gasteiger partial charge in [0.25, 0.3) is 11.2 Å². The van der Waals surface area contributed by atoms with Crippen LogP contribution in [0.5, 0.6) is 0 Å². The van der Waals surface area contributed by atoms with Gasteiger partial charge in [-0.05, 0) is 30.7 Å². The van der Waals surface area contributed by atoms with E-state index >= 15 is 0 Å². The van der Waals surface area contributed by atoms with Crippen molar-refractivity contribution in [3.05, 3.63) is 79.2 Å². The summed E-state index contributed by atoms with van der Waals surface area (Å²) >= 11 is 5.95. The zero-order chi connectivity index (χ0) is 19.9. The quantitative estimate of drug-likeness (QED) is 0.478. The smallest absolute Gasteiger partial charge is 0.298 e. The fraction of sp³-hybridized carbons (Fsp3) is 0.176. The van der Waals surface area contributed by atoms with Crippen LogP contribution in [0.2, 0.25) is 5.02 Å². The normalized spacial score (nSPS) is 12.9. The molecular weight excluding hydrogens is 387 g/mol. The number of fused-ring (bicyclic) bond motifs is 1. The summed E-state index contributed by atoms with van der Waals surface area (Å²) < 4.78 is 41.1. The highest BCUT2D eigenvalue weighted by molar-refractivity contribution is 6.30. The number of aromatic nitrogens is 2. The molecule has 0 aliphatic carbocycles. The fourth-order valence-electron chi connectivity index (χ4n) is 2.86. The molecule has 0 aliphatic rings. The van der Waals surface area contributed by atoms with Crippen molar-refractivity contribution in [1.82, 2.24) is 9.55 Å². The molecule has 1 atom stereocenters. The molecule has 0 aliphatic heterocycles. The summed E-state index contributed by atoms with van der Waals surface area (Å²) in [6.07, 6.45) is -4.05. The van der Waals surface area contributed by atoms with Gasteiger partial charge in [-0.15, -0.1) is 0 Å². The van der Waals surface area contributed by atoms with Gasteiger partial charge in [0.05, 0.1) is 28.2 Å². The van der Waals surface area contributed by atoms with Crippen molar-refractivity contribution in [2.24, 2.45) is 0 Å². The van der Waals surface area contributed by atoms with Crippen LogP contribution < -0.4 is 5.56 Å². The molecule has 2 aromatic carbocycles. The number of nitro benzene ring substituents is 1. The number of benzene rings is 2. The van der Waals surface area contributed by atoms with Crippen LogP contribution in [0.1, 0.15) is 24.1 Å². The molecule has 27 heavy (non-hydrogen) atoms. The summed E-state index contributed by atoms with van der Waals surface area (Å²) in [6.45, 7) is 1.61. The van der Waals surface area contributed by atoms with Crippen LogP contribution in [0.15, 0.2) is 47.4 Å². The molecular formula is C17H11ClF3N3O3. The number of hydrogen-bond donors (Lipinski definition) is 0. The molecule has 0 N–H and O–H groups in total. The number of nitrogens with zero attached hydrogens (tertiary/aromatic N) is 3. The van der Waals surface area contributed by atoms with Crippen molar-refractivity contribution in [2.45, 2.75) is 19.1 Å². The largest absolute Gasteiger partial charge is 0.423 e. The first-order valence-electron chi connectivity index (χ1n) is 7.62. The second-order valence-corrected chi connectivity index (χ2v) is 6.25. The van der Waals surface area contributed by atoms with Crippen LogP contribution >= 0.6 is 11.6 Å². The predicted octanol–water partition coefficient (Wildman–Crippen LogP) is 4.59. The lowest BCUT2D eigenvalue weighted by Crippen LogP contribution is -2.25. The first-order chi connectivity index (χ1) is 12.6. The lowest BCUT2D eigenvalue weighted by atomic mass is 10.1. The molecule has 3 rings (SSSR count). The van der Waals surface area contributed by atoms with Crippen LogP contribution in [-0.4, -0.2) is 14.5 Å². The highest BCUT2D eigenvalue weighted by Crippen LogP contribution is 2.38. The van der Waals surface area contributed by atoms with E-state index < -0.39 is 34.0 Å². The predicted molar refractivity (Wildman–Crippen MR) is 92.9 cm³/mol. The average molecular weight is 398 g/mol. The zero-order valence-corrected chi connectivity index (χ0v) is 14.5. The van der Waals surface area contributed by atoms with Crippen LogP contribution in [-0.2, 0) is 6.18 Å². The van der Waals surface area contributed by atoms with E-state index in [1.807, 2.05) is 0 Å². The number of hydrogen-bond acceptors (Lipinski definition) is 4. The van der Waals surface area contributed by atoms with E-state index in [4.69, 9.17) is 11.6 Å². The molecule has 0 fully saturated rings. The Labute approximate surface area is 155 Å². The molecule has 0 saturated heterocycles. The molecule has 3 aromatic rings. The van der Waals surface area contributed by atoms with E-state index in [1.54, 1.807) is 31.2 Å². The van der Waals surface area contributed by atoms with E-state index in [9.17, 15) is 28.1 Å². The van der Waals surface area contributed by atoms with Gasteiger partial charge in [-0.1, -0.05) is 23.7 Å². The van der Waals surface area contributed by atoms with Gasteiger partial charge < -0.3 is 0 Å². The van der Waals surface area contributed by atoms with E-state index in [0.717, 1.165) is 16.8 Å². The van der Waals surface area contributed by atoms with Crippen LogP contribution in [0.3, 0.4) is 0 Å². The van der Waals surface area contributed by atoms with Crippen molar-refractivity contribution in [1.29, 1.82) is 0 Å². The first-order valence-corrected chi connectivity index (χ1v) is 7.99.